The molecule has 20 nitrogen and oxygen atoms in total. The van der Waals surface area contributed by atoms with Crippen molar-refractivity contribution in [3.8, 4) is 0 Å². The molecule has 4 aliphatic rings. The molecule has 0 spiro atoms. The number of alkyl carbamates (subject to hydrolysis) is 2. The molecule has 0 heterocycles. The Morgan fingerprint density at radius 2 is 1.33 bits per heavy atom. The molecule has 13 N–H and O–H groups in total. The van der Waals surface area contributed by atoms with E-state index in [-0.39, 0.29) is 66.4 Å². The third-order valence-electron chi connectivity index (χ3n) is 15.1. The van der Waals surface area contributed by atoms with Gasteiger partial charge in [0.05, 0.1) is 5.60 Å². The van der Waals surface area contributed by atoms with Gasteiger partial charge in [-0.05, 0) is 117 Å². The first-order valence-electron chi connectivity index (χ1n) is 21.4. The van der Waals surface area contributed by atoms with Crippen LogP contribution in [0, 0.1) is 40.4 Å². The molecule has 13 atom stereocenters. The molecule has 24 heteroatoms. The summed E-state index contributed by atoms with van der Waals surface area (Å²) >= 11 is 0. The van der Waals surface area contributed by atoms with Gasteiger partial charge in [-0.3, -0.25) is 9.13 Å². The number of amides is 2. The van der Waals surface area contributed by atoms with Crippen molar-refractivity contribution in [1.29, 1.82) is 0 Å². The van der Waals surface area contributed by atoms with E-state index in [9.17, 15) is 77.8 Å². The van der Waals surface area contributed by atoms with Gasteiger partial charge >= 0.3 is 53.5 Å². The summed E-state index contributed by atoms with van der Waals surface area (Å²) in [5.41, 5.74) is -1.35. The summed E-state index contributed by atoms with van der Waals surface area (Å²) in [4.78, 5) is 102. The predicted octanol–water partition coefficient (Wildman–Crippen LogP) is 4.85. The van der Waals surface area contributed by atoms with Crippen molar-refractivity contribution in [2.75, 3.05) is 13.1 Å². The number of unbranched alkanes of at least 4 members (excludes halogenated alkanes) is 3. The number of carbonyl (C=O) groups is 2. The zero-order valence-corrected chi connectivity index (χ0v) is 39.1. The molecule has 0 saturated heterocycles. The Kier molecular flexibility index (Phi) is 17.2. The predicted molar refractivity (Wildman–Crippen MR) is 222 cm³/mol. The number of rotatable bonds is 20. The molecule has 61 heavy (non-hydrogen) atoms. The van der Waals surface area contributed by atoms with Crippen LogP contribution in [0.3, 0.4) is 0 Å². The highest BCUT2D eigenvalue weighted by atomic mass is 31.3. The van der Waals surface area contributed by atoms with E-state index in [0.29, 0.717) is 25.7 Å². The van der Waals surface area contributed by atoms with Gasteiger partial charge in [-0.15, -0.1) is 0 Å². The minimum atomic E-state index is -5.60. The molecule has 3 unspecified atom stereocenters. The highest BCUT2D eigenvalue weighted by Crippen LogP contribution is 2.74. The molecule has 4 fully saturated rings. The average Bonchev–Trinajstić information content (AvgIpc) is 3.51. The van der Waals surface area contributed by atoms with E-state index in [1.54, 1.807) is 0 Å². The van der Waals surface area contributed by atoms with Gasteiger partial charge in [0.25, 0.3) is 0 Å². The van der Waals surface area contributed by atoms with Crippen LogP contribution in [-0.2, 0) is 23.2 Å². The molecule has 4 saturated carbocycles. The number of fused-ring (bicyclic) bond motifs is 5. The number of carbonyl (C=O) groups excluding carboxylic acids is 2. The van der Waals surface area contributed by atoms with Crippen molar-refractivity contribution < 1.29 is 87.2 Å². The zero-order chi connectivity index (χ0) is 46.0. The maximum absolute atomic E-state index is 13.4. The van der Waals surface area contributed by atoms with Crippen molar-refractivity contribution >= 4 is 43.3 Å². The van der Waals surface area contributed by atoms with Gasteiger partial charge in [-0.1, -0.05) is 46.5 Å². The van der Waals surface area contributed by atoms with Crippen molar-refractivity contribution in [2.45, 2.75) is 165 Å². The lowest BCUT2D eigenvalue weighted by Crippen LogP contribution is -2.60. The van der Waals surface area contributed by atoms with Crippen LogP contribution in [0.15, 0.2) is 0 Å². The Bertz CT molecular complexity index is 1660. The van der Waals surface area contributed by atoms with Crippen molar-refractivity contribution in [2.24, 2.45) is 40.4 Å². The van der Waals surface area contributed by atoms with Crippen LogP contribution in [0.2, 0.25) is 0 Å². The van der Waals surface area contributed by atoms with E-state index in [0.717, 1.165) is 57.8 Å². The van der Waals surface area contributed by atoms with E-state index in [1.807, 2.05) is 6.92 Å². The third-order valence-corrected chi connectivity index (χ3v) is 22.3. The van der Waals surface area contributed by atoms with Gasteiger partial charge in [0, 0.05) is 31.8 Å². The standard InChI is InChI=1S/C37H68N2O18P4/c1-5-6-7-8-15-35(4,42)30-12-11-26-25-23-29(57-32(41)39-20-9-16-36(43,58(45)46)59(47,48)49)28-22-24(13-18-33(28,2)27(25)14-19-34(26,30)3)56-31(40)38-21-10-17-37(44,60(50,51)52)61(53,54)55/h24-30,42-44,50-52H,5-23H2,1-4H3,(H5-2,38,39,40,41,45,46,47,48,49,53,54,55)/p+2/t24-,25-,26-,27-,28+,29-,30-,33+,34-,35-,36?,37?/m0/s1. The number of ether oxygens (including phenoxy) is 2. The van der Waals surface area contributed by atoms with Crippen LogP contribution in [0.1, 0.15) is 137 Å². The smallest absolute Gasteiger partial charge is 0.446 e. The molecule has 2 amide bonds. The van der Waals surface area contributed by atoms with Crippen LogP contribution in [-0.4, -0.2) is 108 Å². The van der Waals surface area contributed by atoms with Gasteiger partial charge < -0.3 is 55.0 Å². The van der Waals surface area contributed by atoms with Crippen LogP contribution in [0.25, 0.3) is 0 Å². The fourth-order valence-corrected chi connectivity index (χ4v) is 15.8. The largest absolute Gasteiger partial charge is 0.554 e. The highest BCUT2D eigenvalue weighted by molar-refractivity contribution is 7.75. The van der Waals surface area contributed by atoms with Gasteiger partial charge in [-0.2, -0.15) is 19.6 Å². The summed E-state index contributed by atoms with van der Waals surface area (Å²) in [7, 11) is -20.1. The second-order valence-corrected chi connectivity index (χ2v) is 26.4. The number of hydrogen-bond donors (Lipinski definition) is 13. The Morgan fingerprint density at radius 1 is 0.754 bits per heavy atom. The first kappa shape index (κ1) is 52.7. The van der Waals surface area contributed by atoms with Gasteiger partial charge in [0.2, 0.25) is 0 Å². The monoisotopic (exact) mass is 954 g/mol. The average molecular weight is 955 g/mol. The molecule has 0 bridgehead atoms. The second kappa shape index (κ2) is 19.9. The molecule has 0 aromatic heterocycles. The van der Waals surface area contributed by atoms with E-state index >= 15 is 0 Å². The summed E-state index contributed by atoms with van der Waals surface area (Å²) in [6, 6.07) is 0. The molecule has 0 radical (unpaired) electrons. The number of aliphatic hydroxyl groups is 3. The quantitative estimate of drug-likeness (QED) is 0.0573. The Labute approximate surface area is 358 Å². The summed E-state index contributed by atoms with van der Waals surface area (Å²) in [5.74, 6) is 0.424. The summed E-state index contributed by atoms with van der Waals surface area (Å²) in [6.07, 6.45) is 5.07. The molecule has 354 valence electrons. The molecular weight excluding hydrogens is 884 g/mol. The second-order valence-electron chi connectivity index (χ2n) is 18.9. The maximum Gasteiger partial charge on any atom is 0.554 e. The third kappa shape index (κ3) is 11.4. The molecular formula is C37H70N2O18P4+2. The normalized spacial score (nSPS) is 33.7. The lowest BCUT2D eigenvalue weighted by atomic mass is 9.43. The first-order chi connectivity index (χ1) is 28.0. The van der Waals surface area contributed by atoms with Crippen LogP contribution in [0.4, 0.5) is 9.59 Å². The molecule has 4 aliphatic carbocycles. The van der Waals surface area contributed by atoms with Crippen LogP contribution >= 0.6 is 31.2 Å². The lowest BCUT2D eigenvalue weighted by molar-refractivity contribution is -0.179. The summed E-state index contributed by atoms with van der Waals surface area (Å²) in [6.45, 7) is 8.06. The minimum absolute atomic E-state index is 0.0926. The molecule has 0 aliphatic heterocycles. The Hall–Kier alpha value is -0.910. The van der Waals surface area contributed by atoms with E-state index in [1.165, 1.54) is 0 Å². The SMILES string of the molecule is CCCCCC[C@](C)(O)[C@H]1CC[C@H]2[C@@H]3C[C@H](OC(=O)NCCCC(O)([P+](=O)O)P(=O)(O)O)[C@H]4C[C@@H](OC(=O)NCCCC(O)(P(=O)(O)O)[P+](O)(O)O)CC[C@]4(C)[C@H]3CC[C@@]21C. The van der Waals surface area contributed by atoms with Crippen molar-refractivity contribution in [3.63, 3.8) is 0 Å². The van der Waals surface area contributed by atoms with E-state index < -0.39 is 84.2 Å². The van der Waals surface area contributed by atoms with Gasteiger partial charge in [-0.25, -0.2) is 9.59 Å². The van der Waals surface area contributed by atoms with E-state index in [4.69, 9.17) is 9.47 Å². The fourth-order valence-electron chi connectivity index (χ4n) is 11.8. The zero-order valence-electron chi connectivity index (χ0n) is 35.5. The van der Waals surface area contributed by atoms with Crippen LogP contribution in [0.5, 0.6) is 0 Å². The molecule has 4 rings (SSSR count). The fraction of sp³-hybridized carbons (Fsp3) is 0.946. The summed E-state index contributed by atoms with van der Waals surface area (Å²) in [5, 5.41) is 30.6. The summed E-state index contributed by atoms with van der Waals surface area (Å²) < 4.78 is 47.0. The minimum Gasteiger partial charge on any atom is -0.446 e. The van der Waals surface area contributed by atoms with Gasteiger partial charge in [0.15, 0.2) is 0 Å². The van der Waals surface area contributed by atoms with Crippen molar-refractivity contribution in [3.05, 3.63) is 0 Å². The highest BCUT2D eigenvalue weighted by Gasteiger charge is 2.69. The van der Waals surface area contributed by atoms with Crippen molar-refractivity contribution in [1.82, 2.24) is 10.6 Å². The van der Waals surface area contributed by atoms with Crippen LogP contribution < -0.4 is 10.6 Å². The van der Waals surface area contributed by atoms with Gasteiger partial charge in [0.1, 0.15) is 12.2 Å². The number of hydrogen-bond acceptors (Lipinski definition) is 13. The lowest BCUT2D eigenvalue weighted by Gasteiger charge is -2.63. The first-order valence-corrected chi connectivity index (χ1v) is 27.5. The molecule has 0 aromatic rings. The molecule has 0 aromatic carbocycles. The number of nitrogens with one attached hydrogen (secondary N) is 2. The maximum atomic E-state index is 13.4. The Morgan fingerprint density at radius 3 is 1.89 bits per heavy atom. The van der Waals surface area contributed by atoms with E-state index in [2.05, 4.69) is 31.4 Å². The Balaban J connectivity index is 1.49. The topological polar surface area (TPSA) is 350 Å².